The Morgan fingerprint density at radius 1 is 1.33 bits per heavy atom. The van der Waals surface area contributed by atoms with Crippen LogP contribution in [0.25, 0.3) is 0 Å². The Bertz CT molecular complexity index is 335. The van der Waals surface area contributed by atoms with E-state index in [4.69, 9.17) is 4.74 Å². The quantitative estimate of drug-likeness (QED) is 0.770. The summed E-state index contributed by atoms with van der Waals surface area (Å²) < 4.78 is 5.83. The molecule has 15 heavy (non-hydrogen) atoms. The number of likely N-dealkylation sites (tertiary alicyclic amines) is 1. The Labute approximate surface area is 89.3 Å². The Balaban J connectivity index is 1.59. The van der Waals surface area contributed by atoms with E-state index in [-0.39, 0.29) is 12.2 Å². The molecule has 3 nitrogen and oxygen atoms in total. The van der Waals surface area contributed by atoms with Crippen LogP contribution in [-0.2, 0) is 6.42 Å². The van der Waals surface area contributed by atoms with Crippen molar-refractivity contribution in [2.45, 2.75) is 18.6 Å². The van der Waals surface area contributed by atoms with Gasteiger partial charge in [0.15, 0.2) is 0 Å². The smallest absolute Gasteiger partial charge is 0.123 e. The molecule has 1 fully saturated rings. The molecule has 2 aliphatic heterocycles. The minimum Gasteiger partial charge on any atom is -0.488 e. The van der Waals surface area contributed by atoms with Gasteiger partial charge in [0.05, 0.1) is 6.10 Å². The Morgan fingerprint density at radius 2 is 2.13 bits per heavy atom. The number of aliphatic hydroxyl groups is 1. The summed E-state index contributed by atoms with van der Waals surface area (Å²) >= 11 is 0. The minimum atomic E-state index is -0.117. The maximum Gasteiger partial charge on any atom is 0.123 e. The molecule has 0 amide bonds. The summed E-state index contributed by atoms with van der Waals surface area (Å²) in [5.41, 5.74) is 1.31. The number of β-amino-alcohol motifs (C(OH)–C–C–N with tert-alkyl or cyclic N) is 1. The first-order chi connectivity index (χ1) is 7.31. The molecule has 3 rings (SSSR count). The highest BCUT2D eigenvalue weighted by Gasteiger charge is 2.30. The summed E-state index contributed by atoms with van der Waals surface area (Å²) in [6.45, 7) is 2.54. The van der Waals surface area contributed by atoms with E-state index in [9.17, 15) is 5.11 Å². The van der Waals surface area contributed by atoms with Gasteiger partial charge in [0.2, 0.25) is 0 Å². The average molecular weight is 205 g/mol. The maximum absolute atomic E-state index is 9.18. The third kappa shape index (κ3) is 1.73. The number of benzene rings is 1. The van der Waals surface area contributed by atoms with Gasteiger partial charge in [-0.15, -0.1) is 0 Å². The first-order valence-electron chi connectivity index (χ1n) is 5.46. The molecular formula is C12H15NO2. The van der Waals surface area contributed by atoms with Crippen LogP contribution < -0.4 is 4.74 Å². The number of hydrogen-bond donors (Lipinski definition) is 1. The molecule has 1 saturated heterocycles. The molecule has 0 aliphatic carbocycles. The van der Waals surface area contributed by atoms with Crippen LogP contribution >= 0.6 is 0 Å². The van der Waals surface area contributed by atoms with Crippen LogP contribution in [0.15, 0.2) is 24.3 Å². The molecule has 2 aliphatic rings. The van der Waals surface area contributed by atoms with Gasteiger partial charge in [-0.3, -0.25) is 4.90 Å². The maximum atomic E-state index is 9.18. The van der Waals surface area contributed by atoms with Crippen molar-refractivity contribution in [2.24, 2.45) is 0 Å². The van der Waals surface area contributed by atoms with Crippen LogP contribution in [0.3, 0.4) is 0 Å². The molecule has 0 spiro atoms. The van der Waals surface area contributed by atoms with Gasteiger partial charge in [-0.1, -0.05) is 18.2 Å². The second-order valence-corrected chi connectivity index (χ2v) is 4.42. The number of aliphatic hydroxyl groups excluding tert-OH is 1. The Morgan fingerprint density at radius 3 is 2.87 bits per heavy atom. The summed E-state index contributed by atoms with van der Waals surface area (Å²) in [5.74, 6) is 1.03. The third-order valence-corrected chi connectivity index (χ3v) is 3.11. The molecule has 0 radical (unpaired) electrons. The van der Waals surface area contributed by atoms with Crippen LogP contribution in [-0.4, -0.2) is 41.8 Å². The van der Waals surface area contributed by atoms with E-state index in [1.807, 2.05) is 12.1 Å². The van der Waals surface area contributed by atoms with Gasteiger partial charge in [-0.05, 0) is 11.6 Å². The fourth-order valence-electron chi connectivity index (χ4n) is 2.34. The summed E-state index contributed by atoms with van der Waals surface area (Å²) in [4.78, 5) is 2.24. The zero-order chi connectivity index (χ0) is 10.3. The Kier molecular flexibility index (Phi) is 2.15. The molecule has 0 aromatic heterocycles. The highest BCUT2D eigenvalue weighted by molar-refractivity contribution is 5.37. The molecule has 1 aromatic carbocycles. The van der Waals surface area contributed by atoms with Crippen LogP contribution in [0.2, 0.25) is 0 Å². The van der Waals surface area contributed by atoms with E-state index in [1.54, 1.807) is 0 Å². The molecule has 1 unspecified atom stereocenters. The lowest BCUT2D eigenvalue weighted by atomic mass is 10.1. The largest absolute Gasteiger partial charge is 0.488 e. The summed E-state index contributed by atoms with van der Waals surface area (Å²) in [7, 11) is 0. The van der Waals surface area contributed by atoms with Crippen molar-refractivity contribution in [2.75, 3.05) is 19.6 Å². The third-order valence-electron chi connectivity index (χ3n) is 3.11. The van der Waals surface area contributed by atoms with Crippen LogP contribution in [0.4, 0.5) is 0 Å². The molecule has 80 valence electrons. The molecule has 3 heteroatoms. The van der Waals surface area contributed by atoms with E-state index in [1.165, 1.54) is 5.56 Å². The molecule has 1 aromatic rings. The number of fused-ring (bicyclic) bond motifs is 1. The zero-order valence-electron chi connectivity index (χ0n) is 8.60. The first kappa shape index (κ1) is 9.19. The van der Waals surface area contributed by atoms with Crippen LogP contribution in [0, 0.1) is 0 Å². The van der Waals surface area contributed by atoms with Crippen molar-refractivity contribution in [3.63, 3.8) is 0 Å². The van der Waals surface area contributed by atoms with Crippen LogP contribution in [0.1, 0.15) is 5.56 Å². The van der Waals surface area contributed by atoms with Gasteiger partial charge in [-0.25, -0.2) is 0 Å². The number of para-hydroxylation sites is 1. The fourth-order valence-corrected chi connectivity index (χ4v) is 2.34. The second-order valence-electron chi connectivity index (χ2n) is 4.42. The van der Waals surface area contributed by atoms with Crippen molar-refractivity contribution in [1.82, 2.24) is 4.90 Å². The molecule has 0 saturated carbocycles. The van der Waals surface area contributed by atoms with Crippen molar-refractivity contribution in [3.05, 3.63) is 29.8 Å². The highest BCUT2D eigenvalue weighted by atomic mass is 16.5. The fraction of sp³-hybridized carbons (Fsp3) is 0.500. The first-order valence-corrected chi connectivity index (χ1v) is 5.46. The van der Waals surface area contributed by atoms with Gasteiger partial charge in [0.1, 0.15) is 11.9 Å². The number of hydrogen-bond acceptors (Lipinski definition) is 3. The summed E-state index contributed by atoms with van der Waals surface area (Å²) in [6.07, 6.45) is 1.16. The standard InChI is InChI=1S/C12H15NO2/c14-10-6-13(7-10)8-11-5-9-3-1-2-4-12(9)15-11/h1-4,10-11,14H,5-8H2. The second kappa shape index (κ2) is 3.51. The number of rotatable bonds is 2. The molecule has 2 heterocycles. The zero-order valence-corrected chi connectivity index (χ0v) is 8.60. The number of ether oxygens (including phenoxy) is 1. The van der Waals surface area contributed by atoms with Crippen molar-refractivity contribution in [1.29, 1.82) is 0 Å². The van der Waals surface area contributed by atoms with Crippen LogP contribution in [0.5, 0.6) is 5.75 Å². The summed E-state index contributed by atoms with van der Waals surface area (Å²) in [5, 5.41) is 9.18. The van der Waals surface area contributed by atoms with E-state index < -0.39 is 0 Å². The lowest BCUT2D eigenvalue weighted by molar-refractivity contribution is -0.0146. The SMILES string of the molecule is OC1CN(CC2Cc3ccccc3O2)C1. The van der Waals surface area contributed by atoms with E-state index in [2.05, 4.69) is 17.0 Å². The molecule has 1 atom stereocenters. The van der Waals surface area contributed by atoms with Crippen molar-refractivity contribution >= 4 is 0 Å². The van der Waals surface area contributed by atoms with E-state index in [0.29, 0.717) is 0 Å². The number of nitrogens with zero attached hydrogens (tertiary/aromatic N) is 1. The predicted molar refractivity (Wildman–Crippen MR) is 57.0 cm³/mol. The van der Waals surface area contributed by atoms with Gasteiger partial charge in [0, 0.05) is 26.1 Å². The molecular weight excluding hydrogens is 190 g/mol. The van der Waals surface area contributed by atoms with E-state index in [0.717, 1.165) is 31.8 Å². The van der Waals surface area contributed by atoms with Crippen molar-refractivity contribution < 1.29 is 9.84 Å². The van der Waals surface area contributed by atoms with Gasteiger partial charge in [0.25, 0.3) is 0 Å². The Hall–Kier alpha value is -1.06. The highest BCUT2D eigenvalue weighted by Crippen LogP contribution is 2.28. The molecule has 1 N–H and O–H groups in total. The summed E-state index contributed by atoms with van der Waals surface area (Å²) in [6, 6.07) is 8.22. The van der Waals surface area contributed by atoms with Crippen molar-refractivity contribution in [3.8, 4) is 5.75 Å². The molecule has 0 bridgehead atoms. The van der Waals surface area contributed by atoms with Gasteiger partial charge in [-0.2, -0.15) is 0 Å². The lowest BCUT2D eigenvalue weighted by Crippen LogP contribution is -2.53. The topological polar surface area (TPSA) is 32.7 Å². The predicted octanol–water partition coefficient (Wildman–Crippen LogP) is 0.667. The normalized spacial score (nSPS) is 25.8. The lowest BCUT2D eigenvalue weighted by Gasteiger charge is -2.37. The average Bonchev–Trinajstić information content (AvgIpc) is 2.57. The van der Waals surface area contributed by atoms with Gasteiger partial charge >= 0.3 is 0 Å². The monoisotopic (exact) mass is 205 g/mol. The minimum absolute atomic E-state index is 0.117. The van der Waals surface area contributed by atoms with Gasteiger partial charge < -0.3 is 9.84 Å². The van der Waals surface area contributed by atoms with E-state index >= 15 is 0 Å².